The molecule has 0 atom stereocenters. The Labute approximate surface area is 72.4 Å². The van der Waals surface area contributed by atoms with Gasteiger partial charge in [0.1, 0.15) is 0 Å². The van der Waals surface area contributed by atoms with Gasteiger partial charge in [-0.05, 0) is 40.0 Å². The number of hydrogen-bond acceptors (Lipinski definition) is 0. The summed E-state index contributed by atoms with van der Waals surface area (Å²) < 4.78 is 25.4. The molecular weight excluding hydrogens is 214 g/mol. The second-order valence-electron chi connectivity index (χ2n) is 2.23. The molecule has 1 aromatic carbocycles. The molecule has 0 amide bonds. The highest BCUT2D eigenvalue weighted by Gasteiger charge is 2.06. The molecule has 0 aliphatic carbocycles. The van der Waals surface area contributed by atoms with Crippen LogP contribution in [-0.2, 0) is 6.42 Å². The molecule has 0 saturated heterocycles. The summed E-state index contributed by atoms with van der Waals surface area (Å²) in [5.74, 6) is -1.61. The Morgan fingerprint density at radius 1 is 1.36 bits per heavy atom. The van der Waals surface area contributed by atoms with E-state index < -0.39 is 11.6 Å². The maximum absolute atomic E-state index is 12.6. The van der Waals surface area contributed by atoms with Crippen LogP contribution in [0.2, 0.25) is 0 Å². The summed E-state index contributed by atoms with van der Waals surface area (Å²) in [4.78, 5) is 0. The molecule has 0 aliphatic heterocycles. The number of benzene rings is 1. The van der Waals surface area contributed by atoms with E-state index in [0.717, 1.165) is 5.56 Å². The van der Waals surface area contributed by atoms with Gasteiger partial charge in [-0.15, -0.1) is 0 Å². The lowest BCUT2D eigenvalue weighted by Crippen LogP contribution is -1.89. The second kappa shape index (κ2) is 3.30. The van der Waals surface area contributed by atoms with Gasteiger partial charge in [0.15, 0.2) is 11.6 Å². The maximum Gasteiger partial charge on any atom is 0.172 e. The Morgan fingerprint density at radius 3 is 2.45 bits per heavy atom. The fraction of sp³-hybridized carbons (Fsp3) is 0.250. The quantitative estimate of drug-likeness (QED) is 0.638. The highest BCUT2D eigenvalue weighted by atomic mass is 79.9. The maximum atomic E-state index is 12.6. The first kappa shape index (κ1) is 8.65. The minimum absolute atomic E-state index is 0.189. The smallest absolute Gasteiger partial charge is 0.172 e. The van der Waals surface area contributed by atoms with Crippen LogP contribution in [0, 0.1) is 11.6 Å². The van der Waals surface area contributed by atoms with Crippen molar-refractivity contribution in [3.8, 4) is 0 Å². The molecule has 0 spiro atoms. The summed E-state index contributed by atoms with van der Waals surface area (Å²) in [5, 5.41) is 0. The van der Waals surface area contributed by atoms with Crippen LogP contribution in [0.15, 0.2) is 16.6 Å². The second-order valence-corrected chi connectivity index (χ2v) is 3.08. The van der Waals surface area contributed by atoms with Crippen LogP contribution in [-0.4, -0.2) is 0 Å². The molecule has 3 heteroatoms. The molecule has 0 heterocycles. The van der Waals surface area contributed by atoms with Gasteiger partial charge in [-0.3, -0.25) is 0 Å². The first-order chi connectivity index (χ1) is 5.15. The number of halogens is 3. The first-order valence-corrected chi connectivity index (χ1v) is 4.08. The third kappa shape index (κ3) is 1.77. The van der Waals surface area contributed by atoms with Gasteiger partial charge >= 0.3 is 0 Å². The van der Waals surface area contributed by atoms with Gasteiger partial charge in [0, 0.05) is 0 Å². The number of aryl methyl sites for hydroxylation is 1. The van der Waals surface area contributed by atoms with Gasteiger partial charge in [0.2, 0.25) is 0 Å². The fourth-order valence-corrected chi connectivity index (χ4v) is 1.30. The molecule has 11 heavy (non-hydrogen) atoms. The summed E-state index contributed by atoms with van der Waals surface area (Å²) in [6, 6.07) is 2.79. The predicted octanol–water partition coefficient (Wildman–Crippen LogP) is 3.29. The molecule has 0 N–H and O–H groups in total. The van der Waals surface area contributed by atoms with Gasteiger partial charge < -0.3 is 0 Å². The van der Waals surface area contributed by atoms with Crippen molar-refractivity contribution >= 4 is 15.9 Å². The molecule has 0 bridgehead atoms. The zero-order valence-corrected chi connectivity index (χ0v) is 7.58. The number of hydrogen-bond donors (Lipinski definition) is 0. The molecule has 0 fully saturated rings. The Kier molecular flexibility index (Phi) is 2.60. The zero-order valence-electron chi connectivity index (χ0n) is 6.00. The van der Waals surface area contributed by atoms with Gasteiger partial charge in [0.25, 0.3) is 0 Å². The Morgan fingerprint density at radius 2 is 2.00 bits per heavy atom. The highest BCUT2D eigenvalue weighted by molar-refractivity contribution is 9.10. The lowest BCUT2D eigenvalue weighted by atomic mass is 10.2. The van der Waals surface area contributed by atoms with Crippen LogP contribution < -0.4 is 0 Å². The Bertz CT molecular complexity index is 248. The summed E-state index contributed by atoms with van der Waals surface area (Å²) in [7, 11) is 0. The van der Waals surface area contributed by atoms with Crippen molar-refractivity contribution in [2.24, 2.45) is 0 Å². The molecule has 0 unspecified atom stereocenters. The zero-order chi connectivity index (χ0) is 8.43. The van der Waals surface area contributed by atoms with E-state index in [1.807, 2.05) is 6.92 Å². The molecule has 0 radical (unpaired) electrons. The van der Waals surface area contributed by atoms with E-state index in [1.54, 1.807) is 6.07 Å². The normalized spacial score (nSPS) is 10.2. The van der Waals surface area contributed by atoms with E-state index in [-0.39, 0.29) is 4.47 Å². The van der Waals surface area contributed by atoms with Crippen LogP contribution in [0.3, 0.4) is 0 Å². The van der Waals surface area contributed by atoms with Crippen LogP contribution >= 0.6 is 15.9 Å². The van der Waals surface area contributed by atoms with E-state index in [9.17, 15) is 8.78 Å². The van der Waals surface area contributed by atoms with E-state index in [0.29, 0.717) is 6.42 Å². The van der Waals surface area contributed by atoms with E-state index in [2.05, 4.69) is 15.9 Å². The third-order valence-electron chi connectivity index (χ3n) is 1.45. The van der Waals surface area contributed by atoms with Gasteiger partial charge in [0.05, 0.1) is 4.47 Å². The summed E-state index contributed by atoms with van der Waals surface area (Å²) >= 11 is 2.92. The largest absolute Gasteiger partial charge is 0.204 e. The van der Waals surface area contributed by atoms with Crippen molar-refractivity contribution in [1.82, 2.24) is 0 Å². The Balaban J connectivity index is 3.21. The van der Waals surface area contributed by atoms with E-state index in [4.69, 9.17) is 0 Å². The lowest BCUT2D eigenvalue weighted by molar-refractivity contribution is 0.503. The van der Waals surface area contributed by atoms with Crippen LogP contribution in [0.4, 0.5) is 8.78 Å². The SMILES string of the molecule is CCc1cc(F)c(F)c(Br)c1. The van der Waals surface area contributed by atoms with Gasteiger partial charge in [-0.1, -0.05) is 6.92 Å². The lowest BCUT2D eigenvalue weighted by Gasteiger charge is -1.99. The minimum atomic E-state index is -0.817. The van der Waals surface area contributed by atoms with Crippen molar-refractivity contribution in [2.75, 3.05) is 0 Å². The van der Waals surface area contributed by atoms with Crippen molar-refractivity contribution in [1.29, 1.82) is 0 Å². The topological polar surface area (TPSA) is 0 Å². The minimum Gasteiger partial charge on any atom is -0.204 e. The molecule has 1 rings (SSSR count). The van der Waals surface area contributed by atoms with Crippen molar-refractivity contribution < 1.29 is 8.78 Å². The average Bonchev–Trinajstić information content (AvgIpc) is 1.99. The first-order valence-electron chi connectivity index (χ1n) is 3.28. The van der Waals surface area contributed by atoms with E-state index in [1.165, 1.54) is 6.07 Å². The summed E-state index contributed by atoms with van der Waals surface area (Å²) in [6.45, 7) is 1.89. The summed E-state index contributed by atoms with van der Waals surface area (Å²) in [6.07, 6.45) is 0.704. The average molecular weight is 221 g/mol. The van der Waals surface area contributed by atoms with Crippen LogP contribution in [0.1, 0.15) is 12.5 Å². The highest BCUT2D eigenvalue weighted by Crippen LogP contribution is 2.20. The molecule has 0 aromatic heterocycles. The molecule has 1 aromatic rings. The fourth-order valence-electron chi connectivity index (χ4n) is 0.812. The molecule has 0 nitrogen and oxygen atoms in total. The molecular formula is C8H7BrF2. The van der Waals surface area contributed by atoms with Gasteiger partial charge in [-0.2, -0.15) is 0 Å². The van der Waals surface area contributed by atoms with Crippen molar-refractivity contribution in [2.45, 2.75) is 13.3 Å². The van der Waals surface area contributed by atoms with Crippen LogP contribution in [0.25, 0.3) is 0 Å². The van der Waals surface area contributed by atoms with Crippen LogP contribution in [0.5, 0.6) is 0 Å². The van der Waals surface area contributed by atoms with Gasteiger partial charge in [-0.25, -0.2) is 8.78 Å². The Hall–Kier alpha value is -0.440. The number of rotatable bonds is 1. The summed E-state index contributed by atoms with van der Waals surface area (Å²) in [5.41, 5.74) is 0.788. The monoisotopic (exact) mass is 220 g/mol. The molecule has 0 aliphatic rings. The predicted molar refractivity (Wildman–Crippen MR) is 43.4 cm³/mol. The van der Waals surface area contributed by atoms with Crippen molar-refractivity contribution in [3.63, 3.8) is 0 Å². The van der Waals surface area contributed by atoms with Crippen molar-refractivity contribution in [3.05, 3.63) is 33.8 Å². The molecule has 60 valence electrons. The third-order valence-corrected chi connectivity index (χ3v) is 2.03. The standard InChI is InChI=1S/C8H7BrF2/c1-2-5-3-6(9)8(11)7(10)4-5/h3-4H,2H2,1H3. The van der Waals surface area contributed by atoms with E-state index >= 15 is 0 Å². The molecule has 0 saturated carbocycles.